The number of nitrogens with one attached hydrogen (secondary N) is 3. The first kappa shape index (κ1) is 15.7. The molecule has 3 N–H and O–H groups in total. The van der Waals surface area contributed by atoms with Gasteiger partial charge in [-0.25, -0.2) is 0 Å². The summed E-state index contributed by atoms with van der Waals surface area (Å²) in [7, 11) is 3.91. The van der Waals surface area contributed by atoms with E-state index in [2.05, 4.69) is 16.0 Å². The minimum absolute atomic E-state index is 0.0168. The van der Waals surface area contributed by atoms with Crippen molar-refractivity contribution in [3.8, 4) is 0 Å². The number of carbonyl (C=O) groups excluding carboxylic acids is 2. The van der Waals surface area contributed by atoms with E-state index in [9.17, 15) is 9.59 Å². The van der Waals surface area contributed by atoms with Crippen LogP contribution < -0.4 is 20.9 Å². The molecular weight excluding hydrogens is 288 g/mol. The van der Waals surface area contributed by atoms with Crippen molar-refractivity contribution in [3.63, 3.8) is 0 Å². The molecule has 1 atom stereocenters. The van der Waals surface area contributed by atoms with E-state index in [-0.39, 0.29) is 24.4 Å². The molecule has 0 bridgehead atoms. The zero-order valence-corrected chi connectivity index (χ0v) is 13.0. The molecule has 114 valence electrons. The van der Waals surface area contributed by atoms with Crippen molar-refractivity contribution in [2.45, 2.75) is 6.04 Å². The molecule has 0 aromatic heterocycles. The predicted molar refractivity (Wildman–Crippen MR) is 86.7 cm³/mol. The highest BCUT2D eigenvalue weighted by atomic mass is 32.2. The third-order valence-electron chi connectivity index (χ3n) is 3.12. The van der Waals surface area contributed by atoms with Gasteiger partial charge in [0.05, 0.1) is 12.6 Å². The number of amides is 2. The Morgan fingerprint density at radius 2 is 2.05 bits per heavy atom. The number of carbonyl (C=O) groups is 2. The summed E-state index contributed by atoms with van der Waals surface area (Å²) < 4.78 is 0. The fourth-order valence-corrected chi connectivity index (χ4v) is 2.84. The van der Waals surface area contributed by atoms with Gasteiger partial charge >= 0.3 is 0 Å². The highest BCUT2D eigenvalue weighted by Gasteiger charge is 2.22. The first-order valence-electron chi connectivity index (χ1n) is 6.72. The van der Waals surface area contributed by atoms with E-state index in [1.165, 1.54) is 0 Å². The molecule has 21 heavy (non-hydrogen) atoms. The average molecular weight is 308 g/mol. The number of nitrogens with zero attached hydrogens (tertiary/aromatic N) is 1. The summed E-state index contributed by atoms with van der Waals surface area (Å²) in [5, 5.41) is 8.46. The number of rotatable bonds is 5. The van der Waals surface area contributed by atoms with Gasteiger partial charge in [0.2, 0.25) is 11.8 Å². The Labute approximate surface area is 128 Å². The molecule has 1 aliphatic rings. The first-order valence-corrected chi connectivity index (χ1v) is 7.88. The van der Waals surface area contributed by atoms with E-state index in [0.29, 0.717) is 0 Å². The van der Waals surface area contributed by atoms with E-state index in [4.69, 9.17) is 0 Å². The zero-order chi connectivity index (χ0) is 15.2. The Morgan fingerprint density at radius 3 is 2.62 bits per heavy atom. The van der Waals surface area contributed by atoms with Gasteiger partial charge in [0, 0.05) is 37.1 Å². The third-order valence-corrected chi connectivity index (χ3v) is 4.06. The van der Waals surface area contributed by atoms with Gasteiger partial charge in [0.1, 0.15) is 0 Å². The zero-order valence-electron chi connectivity index (χ0n) is 12.2. The lowest BCUT2D eigenvalue weighted by atomic mass is 10.2. The predicted octanol–water partition coefficient (Wildman–Crippen LogP) is 0.470. The molecule has 0 spiro atoms. The fraction of sp³-hybridized carbons (Fsp3) is 0.429. The second-order valence-electron chi connectivity index (χ2n) is 4.98. The smallest absolute Gasteiger partial charge is 0.243 e. The lowest BCUT2D eigenvalue weighted by Gasteiger charge is -2.13. The molecular formula is C14H20N4O2S. The molecule has 2 amide bonds. The Hall–Kier alpha value is -1.73. The van der Waals surface area contributed by atoms with Crippen LogP contribution in [0, 0.1) is 0 Å². The summed E-state index contributed by atoms with van der Waals surface area (Å²) >= 11 is 1.67. The first-order chi connectivity index (χ1) is 10.1. The van der Waals surface area contributed by atoms with Crippen LogP contribution in [0.3, 0.4) is 0 Å². The molecule has 1 heterocycles. The molecule has 7 heteroatoms. The topological polar surface area (TPSA) is 73.5 Å². The maximum atomic E-state index is 11.8. The van der Waals surface area contributed by atoms with Gasteiger partial charge in [0.25, 0.3) is 0 Å². The van der Waals surface area contributed by atoms with Crippen LogP contribution in [0.2, 0.25) is 0 Å². The molecule has 1 aromatic rings. The highest BCUT2D eigenvalue weighted by molar-refractivity contribution is 7.99. The molecule has 1 aliphatic heterocycles. The van der Waals surface area contributed by atoms with Crippen molar-refractivity contribution in [3.05, 3.63) is 24.3 Å². The largest absolute Gasteiger partial charge is 0.378 e. The van der Waals surface area contributed by atoms with Crippen LogP contribution in [0.15, 0.2) is 24.3 Å². The summed E-state index contributed by atoms with van der Waals surface area (Å²) in [6.45, 7) is -0.0168. The third kappa shape index (κ3) is 4.64. The van der Waals surface area contributed by atoms with E-state index in [1.807, 2.05) is 43.3 Å². The van der Waals surface area contributed by atoms with E-state index >= 15 is 0 Å². The minimum atomic E-state index is -0.230. The normalized spacial score (nSPS) is 17.3. The Morgan fingerprint density at radius 1 is 1.33 bits per heavy atom. The van der Waals surface area contributed by atoms with Gasteiger partial charge in [-0.1, -0.05) is 0 Å². The summed E-state index contributed by atoms with van der Waals surface area (Å²) in [5.41, 5.74) is 1.78. The number of benzene rings is 1. The lowest BCUT2D eigenvalue weighted by Crippen LogP contribution is -2.44. The second kappa shape index (κ2) is 7.33. The van der Waals surface area contributed by atoms with Crippen LogP contribution in [0.25, 0.3) is 0 Å². The van der Waals surface area contributed by atoms with Crippen molar-refractivity contribution in [2.24, 2.45) is 0 Å². The monoisotopic (exact) mass is 308 g/mol. The summed E-state index contributed by atoms with van der Waals surface area (Å²) in [6, 6.07) is 7.33. The van der Waals surface area contributed by atoms with Gasteiger partial charge < -0.3 is 15.5 Å². The van der Waals surface area contributed by atoms with Gasteiger partial charge in [-0.05, 0) is 24.3 Å². The summed E-state index contributed by atoms with van der Waals surface area (Å²) in [4.78, 5) is 25.5. The van der Waals surface area contributed by atoms with Crippen molar-refractivity contribution in [1.82, 2.24) is 10.6 Å². The molecule has 0 radical (unpaired) electrons. The molecule has 0 saturated carbocycles. The number of hydrogen-bond donors (Lipinski definition) is 3. The van der Waals surface area contributed by atoms with E-state index in [1.54, 1.807) is 11.8 Å². The molecule has 1 fully saturated rings. The maximum Gasteiger partial charge on any atom is 0.243 e. The van der Waals surface area contributed by atoms with Crippen molar-refractivity contribution in [2.75, 3.05) is 42.5 Å². The molecule has 6 nitrogen and oxygen atoms in total. The standard InChI is InChI=1S/C14H20N4O2S/c1-18(2)11-5-3-10(4-6-11)17-13(19)7-15-14(20)12-8-21-9-16-12/h3-6,12,16H,7-9H2,1-2H3,(H,15,20)(H,17,19). The van der Waals surface area contributed by atoms with Crippen LogP contribution in [-0.2, 0) is 9.59 Å². The van der Waals surface area contributed by atoms with Crippen molar-refractivity contribution >= 4 is 35.0 Å². The average Bonchev–Trinajstić information content (AvgIpc) is 2.99. The van der Waals surface area contributed by atoms with E-state index < -0.39 is 0 Å². The Bertz CT molecular complexity index is 498. The van der Waals surface area contributed by atoms with Crippen molar-refractivity contribution < 1.29 is 9.59 Å². The summed E-state index contributed by atoms with van der Waals surface area (Å²) in [6.07, 6.45) is 0. The molecule has 0 aliphatic carbocycles. The maximum absolute atomic E-state index is 11.8. The Kier molecular flexibility index (Phi) is 5.46. The van der Waals surface area contributed by atoms with Crippen LogP contribution in [0.4, 0.5) is 11.4 Å². The number of thioether (sulfide) groups is 1. The Balaban J connectivity index is 1.77. The highest BCUT2D eigenvalue weighted by Crippen LogP contribution is 2.15. The molecule has 2 rings (SSSR count). The minimum Gasteiger partial charge on any atom is -0.378 e. The van der Waals surface area contributed by atoms with Gasteiger partial charge in [0.15, 0.2) is 0 Å². The lowest BCUT2D eigenvalue weighted by molar-refractivity contribution is -0.125. The SMILES string of the molecule is CN(C)c1ccc(NC(=O)CNC(=O)C2CSCN2)cc1. The summed E-state index contributed by atoms with van der Waals surface area (Å²) in [5.74, 6) is 1.17. The van der Waals surface area contributed by atoms with Gasteiger partial charge in [-0.15, -0.1) is 11.8 Å². The van der Waals surface area contributed by atoms with Gasteiger partial charge in [-0.3, -0.25) is 14.9 Å². The van der Waals surface area contributed by atoms with Crippen LogP contribution >= 0.6 is 11.8 Å². The molecule has 1 aromatic carbocycles. The van der Waals surface area contributed by atoms with Crippen molar-refractivity contribution in [1.29, 1.82) is 0 Å². The molecule has 1 saturated heterocycles. The fourth-order valence-electron chi connectivity index (χ4n) is 1.90. The van der Waals surface area contributed by atoms with Crippen LogP contribution in [0.1, 0.15) is 0 Å². The van der Waals surface area contributed by atoms with Crippen LogP contribution in [0.5, 0.6) is 0 Å². The molecule has 1 unspecified atom stereocenters. The quantitative estimate of drug-likeness (QED) is 0.737. The van der Waals surface area contributed by atoms with Gasteiger partial charge in [-0.2, -0.15) is 0 Å². The van der Waals surface area contributed by atoms with Crippen LogP contribution in [-0.4, -0.2) is 50.1 Å². The second-order valence-corrected chi connectivity index (χ2v) is 6.01. The number of anilines is 2. The van der Waals surface area contributed by atoms with E-state index in [0.717, 1.165) is 23.0 Å². The number of hydrogen-bond acceptors (Lipinski definition) is 5.